The second-order valence-electron chi connectivity index (χ2n) is 9.56. The van der Waals surface area contributed by atoms with E-state index < -0.39 is 12.1 Å². The highest BCUT2D eigenvalue weighted by Gasteiger charge is 2.42. The Morgan fingerprint density at radius 1 is 0.865 bits per heavy atom. The van der Waals surface area contributed by atoms with E-state index in [2.05, 4.69) is 17.2 Å². The van der Waals surface area contributed by atoms with Crippen LogP contribution in [0.2, 0.25) is 0 Å². The van der Waals surface area contributed by atoms with Crippen molar-refractivity contribution < 1.29 is 14.2 Å². The number of benzene rings is 3. The lowest BCUT2D eigenvalue weighted by molar-refractivity contribution is -0.466. The lowest BCUT2D eigenvalue weighted by Gasteiger charge is -2.21. The van der Waals surface area contributed by atoms with Gasteiger partial charge in [-0.2, -0.15) is 4.58 Å². The van der Waals surface area contributed by atoms with E-state index in [-0.39, 0.29) is 11.8 Å². The monoisotopic (exact) mass is 493 g/mol. The summed E-state index contributed by atoms with van der Waals surface area (Å²) in [6.45, 7) is 0. The van der Waals surface area contributed by atoms with Crippen molar-refractivity contribution in [2.24, 2.45) is 0 Å². The molecule has 0 saturated heterocycles. The largest absolute Gasteiger partial charge is 0.409 e. The topological polar surface area (TPSA) is 55.7 Å². The Hall–Kier alpha value is -4.21. The smallest absolute Gasteiger partial charge is 0.378 e. The van der Waals surface area contributed by atoms with Gasteiger partial charge in [0.1, 0.15) is 6.21 Å². The van der Waals surface area contributed by atoms with Crippen molar-refractivity contribution in [2.45, 2.75) is 24.9 Å². The van der Waals surface area contributed by atoms with Gasteiger partial charge in [-0.25, -0.2) is 4.79 Å². The molecular formula is C31H33N4O2+. The van der Waals surface area contributed by atoms with E-state index in [9.17, 15) is 9.59 Å². The summed E-state index contributed by atoms with van der Waals surface area (Å²) >= 11 is 0. The van der Waals surface area contributed by atoms with E-state index in [4.69, 9.17) is 0 Å². The maximum absolute atomic E-state index is 13.5. The van der Waals surface area contributed by atoms with Crippen molar-refractivity contribution in [3.05, 3.63) is 95.6 Å². The van der Waals surface area contributed by atoms with Crippen LogP contribution in [0.5, 0.6) is 0 Å². The number of rotatable bonds is 6. The third kappa shape index (κ3) is 6.32. The molecular weight excluding hydrogens is 460 g/mol. The number of hydrogen-bond acceptors (Lipinski definition) is 4. The maximum Gasteiger partial charge on any atom is 0.409 e. The van der Waals surface area contributed by atoms with E-state index in [0.717, 1.165) is 22.4 Å². The molecule has 3 aromatic carbocycles. The van der Waals surface area contributed by atoms with Crippen LogP contribution >= 0.6 is 0 Å². The molecule has 4 rings (SSSR count). The van der Waals surface area contributed by atoms with Gasteiger partial charge >= 0.3 is 5.91 Å². The second kappa shape index (κ2) is 11.7. The van der Waals surface area contributed by atoms with Crippen LogP contribution in [0.3, 0.4) is 0 Å². The normalized spacial score (nSPS) is 15.4. The molecule has 2 unspecified atom stereocenters. The number of carbonyl (C=O) groups excluding carboxylic acids is 2. The number of amides is 2. The fourth-order valence-electron chi connectivity index (χ4n) is 4.43. The molecule has 6 heteroatoms. The summed E-state index contributed by atoms with van der Waals surface area (Å²) in [5.41, 5.74) is 4.51. The molecule has 2 atom stereocenters. The molecule has 188 valence electrons. The molecule has 0 aromatic heterocycles. The molecule has 0 spiro atoms. The zero-order valence-corrected chi connectivity index (χ0v) is 21.8. The van der Waals surface area contributed by atoms with Crippen LogP contribution in [0.1, 0.15) is 35.6 Å². The number of anilines is 2. The average Bonchev–Trinajstić information content (AvgIpc) is 3.39. The molecule has 0 bridgehead atoms. The van der Waals surface area contributed by atoms with E-state index in [0.29, 0.717) is 18.5 Å². The van der Waals surface area contributed by atoms with Crippen molar-refractivity contribution in [3.63, 3.8) is 0 Å². The molecule has 1 N–H and O–H groups in total. The number of likely N-dealkylation sites (N-methyl/N-ethyl adjacent to an activating group) is 1. The van der Waals surface area contributed by atoms with Gasteiger partial charge in [0.25, 0.3) is 5.91 Å². The molecule has 0 saturated carbocycles. The Kier molecular flexibility index (Phi) is 8.17. The van der Waals surface area contributed by atoms with Crippen LogP contribution in [-0.2, 0) is 9.59 Å². The summed E-state index contributed by atoms with van der Waals surface area (Å²) in [4.78, 5) is 30.6. The van der Waals surface area contributed by atoms with Crippen LogP contribution in [0.15, 0.2) is 78.9 Å². The summed E-state index contributed by atoms with van der Waals surface area (Å²) in [6, 6.07) is 24.2. The van der Waals surface area contributed by atoms with Crippen LogP contribution in [0, 0.1) is 11.8 Å². The molecule has 37 heavy (non-hydrogen) atoms. The fourth-order valence-corrected chi connectivity index (χ4v) is 4.43. The van der Waals surface area contributed by atoms with Crippen molar-refractivity contribution in [3.8, 4) is 11.8 Å². The number of nitrogens with zero attached hydrogens (tertiary/aromatic N) is 3. The summed E-state index contributed by atoms with van der Waals surface area (Å²) in [5, 5.41) is 2.98. The number of hydrogen-bond donors (Lipinski definition) is 1. The van der Waals surface area contributed by atoms with Gasteiger partial charge in [0.15, 0.2) is 6.04 Å². The standard InChI is InChI=1S/C31H32N4O2/c1-33(2)27-20-16-24(17-21-27)13-12-23-14-18-26(19-15-23)32-30(36)28-11-8-22-35(28)31(37)29(34(3)4)25-9-6-5-7-10-25/h5-7,9-10,14-22,28-29H,8,11H2,1-4H3/p+1. The van der Waals surface area contributed by atoms with Gasteiger partial charge in [0, 0.05) is 49.4 Å². The summed E-state index contributed by atoms with van der Waals surface area (Å²) in [6.07, 6.45) is 3.13. The zero-order valence-electron chi connectivity index (χ0n) is 21.8. The highest BCUT2D eigenvalue weighted by molar-refractivity contribution is 5.96. The van der Waals surface area contributed by atoms with Gasteiger partial charge in [0.2, 0.25) is 6.04 Å². The third-order valence-corrected chi connectivity index (χ3v) is 6.41. The quantitative estimate of drug-likeness (QED) is 0.414. The number of carbonyl (C=O) groups is 2. The van der Waals surface area contributed by atoms with E-state index in [1.807, 2.05) is 123 Å². The molecule has 0 fully saturated rings. The van der Waals surface area contributed by atoms with Gasteiger partial charge in [-0.3, -0.25) is 9.69 Å². The van der Waals surface area contributed by atoms with E-state index in [1.165, 1.54) is 0 Å². The van der Waals surface area contributed by atoms with Crippen LogP contribution in [0.4, 0.5) is 11.4 Å². The van der Waals surface area contributed by atoms with Gasteiger partial charge in [-0.15, -0.1) is 0 Å². The first-order chi connectivity index (χ1) is 17.8. The fraction of sp³-hybridized carbons (Fsp3) is 0.258. The first-order valence-electron chi connectivity index (χ1n) is 12.4. The lowest BCUT2D eigenvalue weighted by atomic mass is 10.0. The number of nitrogens with one attached hydrogen (secondary N) is 1. The highest BCUT2D eigenvalue weighted by atomic mass is 16.2. The van der Waals surface area contributed by atoms with E-state index in [1.54, 1.807) is 4.58 Å². The first kappa shape index (κ1) is 25.9. The molecule has 6 nitrogen and oxygen atoms in total. The summed E-state index contributed by atoms with van der Waals surface area (Å²) in [5.74, 6) is 6.06. The van der Waals surface area contributed by atoms with Crippen molar-refractivity contribution in [1.29, 1.82) is 0 Å². The molecule has 0 radical (unpaired) electrons. The van der Waals surface area contributed by atoms with Gasteiger partial charge < -0.3 is 10.2 Å². The Balaban J connectivity index is 1.41. The molecule has 1 aliphatic heterocycles. The third-order valence-electron chi connectivity index (χ3n) is 6.41. The Morgan fingerprint density at radius 2 is 1.46 bits per heavy atom. The van der Waals surface area contributed by atoms with Gasteiger partial charge in [-0.05, 0) is 68.2 Å². The Morgan fingerprint density at radius 3 is 2.03 bits per heavy atom. The minimum Gasteiger partial charge on any atom is -0.378 e. The molecule has 0 aliphatic carbocycles. The molecule has 1 aliphatic rings. The van der Waals surface area contributed by atoms with Crippen molar-refractivity contribution >= 4 is 29.4 Å². The average molecular weight is 494 g/mol. The zero-order chi connectivity index (χ0) is 26.4. The molecule has 2 amide bonds. The Bertz CT molecular complexity index is 1330. The summed E-state index contributed by atoms with van der Waals surface area (Å²) in [7, 11) is 7.77. The van der Waals surface area contributed by atoms with Crippen LogP contribution < -0.4 is 10.2 Å². The highest BCUT2D eigenvalue weighted by Crippen LogP contribution is 2.23. The Labute approximate surface area is 219 Å². The van der Waals surface area contributed by atoms with Gasteiger partial charge in [-0.1, -0.05) is 42.2 Å². The first-order valence-corrected chi connectivity index (χ1v) is 12.4. The van der Waals surface area contributed by atoms with E-state index >= 15 is 0 Å². The van der Waals surface area contributed by atoms with Crippen molar-refractivity contribution in [2.75, 3.05) is 38.4 Å². The molecule has 3 aromatic rings. The predicted molar refractivity (Wildman–Crippen MR) is 149 cm³/mol. The van der Waals surface area contributed by atoms with Crippen molar-refractivity contribution in [1.82, 2.24) is 4.90 Å². The second-order valence-corrected chi connectivity index (χ2v) is 9.56. The minimum absolute atomic E-state index is 0.0990. The predicted octanol–water partition coefficient (Wildman–Crippen LogP) is 4.17. The lowest BCUT2D eigenvalue weighted by Crippen LogP contribution is -2.43. The molecule has 1 heterocycles. The minimum atomic E-state index is -0.539. The van der Waals surface area contributed by atoms with Crippen LogP contribution in [-0.4, -0.2) is 61.7 Å². The SMILES string of the molecule is CN(C)c1ccc(C#Cc2ccc(NC(=O)C3CCC=[N+]3C(=O)C(c3ccccc3)N(C)C)cc2)cc1. The van der Waals surface area contributed by atoms with Crippen LogP contribution in [0.25, 0.3) is 0 Å². The van der Waals surface area contributed by atoms with Gasteiger partial charge in [0.05, 0.1) is 0 Å². The maximum atomic E-state index is 13.5. The summed E-state index contributed by atoms with van der Waals surface area (Å²) < 4.78 is 1.61.